The van der Waals surface area contributed by atoms with Crippen molar-refractivity contribution in [2.24, 2.45) is 0 Å². The first-order valence-electron chi connectivity index (χ1n) is 4.44. The molecule has 0 unspecified atom stereocenters. The largest absolute Gasteiger partial charge is 0.504 e. The normalized spacial score (nSPS) is 10.4. The molecule has 2 N–H and O–H groups in total. The second-order valence-electron chi connectivity index (χ2n) is 2.95. The molecule has 0 fully saturated rings. The zero-order chi connectivity index (χ0) is 12.1. The van der Waals surface area contributed by atoms with E-state index in [2.05, 4.69) is 4.74 Å². The summed E-state index contributed by atoms with van der Waals surface area (Å²) >= 11 is 0. The summed E-state index contributed by atoms with van der Waals surface area (Å²) in [4.78, 5) is 10.8. The number of phenols is 2. The molecule has 0 atom stereocenters. The van der Waals surface area contributed by atoms with Gasteiger partial charge in [-0.2, -0.15) is 0 Å². The Hall–Kier alpha value is -2.17. The number of phenolic OH excluding ortho intramolecular Hbond substituents is 2. The smallest absolute Gasteiger partial charge is 0.330 e. The van der Waals surface area contributed by atoms with Crippen LogP contribution in [0, 0.1) is 0 Å². The van der Waals surface area contributed by atoms with Crippen molar-refractivity contribution in [1.82, 2.24) is 0 Å². The molecular formula is C11H12O5. The lowest BCUT2D eigenvalue weighted by Gasteiger charge is -2.06. The van der Waals surface area contributed by atoms with E-state index in [9.17, 15) is 15.0 Å². The average Bonchev–Trinajstić information content (AvgIpc) is 2.29. The maximum atomic E-state index is 10.8. The van der Waals surface area contributed by atoms with Gasteiger partial charge in [-0.25, -0.2) is 4.79 Å². The molecule has 1 aromatic rings. The number of hydrogen-bond acceptors (Lipinski definition) is 5. The standard InChI is InChI=1S/C11H12O5/c1-15-9-6-7(3-4-10(13)16-2)5-8(12)11(9)14/h3-6,12,14H,1-2H3/b4-3-. The molecule has 1 rings (SSSR count). The Morgan fingerprint density at radius 2 is 2.00 bits per heavy atom. The van der Waals surface area contributed by atoms with Crippen molar-refractivity contribution in [1.29, 1.82) is 0 Å². The summed E-state index contributed by atoms with van der Waals surface area (Å²) < 4.78 is 9.25. The van der Waals surface area contributed by atoms with Gasteiger partial charge in [0.25, 0.3) is 0 Å². The zero-order valence-electron chi connectivity index (χ0n) is 8.93. The van der Waals surface area contributed by atoms with Gasteiger partial charge in [-0.3, -0.25) is 0 Å². The molecule has 0 radical (unpaired) electrons. The van der Waals surface area contributed by atoms with Crippen molar-refractivity contribution in [3.8, 4) is 17.2 Å². The molecule has 16 heavy (non-hydrogen) atoms. The molecule has 0 aromatic heterocycles. The Kier molecular flexibility index (Phi) is 3.77. The molecule has 1 aromatic carbocycles. The summed E-state index contributed by atoms with van der Waals surface area (Å²) in [6.45, 7) is 0. The highest BCUT2D eigenvalue weighted by Crippen LogP contribution is 2.36. The number of rotatable bonds is 3. The van der Waals surface area contributed by atoms with E-state index >= 15 is 0 Å². The maximum absolute atomic E-state index is 10.8. The van der Waals surface area contributed by atoms with Crippen molar-refractivity contribution in [3.63, 3.8) is 0 Å². The minimum atomic E-state index is -0.508. The monoisotopic (exact) mass is 224 g/mol. The molecule has 0 spiro atoms. The van der Waals surface area contributed by atoms with Gasteiger partial charge in [0.05, 0.1) is 14.2 Å². The fourth-order valence-corrected chi connectivity index (χ4v) is 1.10. The lowest BCUT2D eigenvalue weighted by Crippen LogP contribution is -1.93. The number of ether oxygens (including phenoxy) is 2. The molecule has 0 saturated heterocycles. The second kappa shape index (κ2) is 5.06. The first kappa shape index (κ1) is 11.9. The van der Waals surface area contributed by atoms with Crippen LogP contribution in [0.4, 0.5) is 0 Å². The predicted octanol–water partition coefficient (Wildman–Crippen LogP) is 1.29. The van der Waals surface area contributed by atoms with E-state index in [0.29, 0.717) is 5.56 Å². The van der Waals surface area contributed by atoms with Crippen LogP contribution < -0.4 is 4.74 Å². The van der Waals surface area contributed by atoms with Crippen molar-refractivity contribution in [2.45, 2.75) is 0 Å². The fraction of sp³-hybridized carbons (Fsp3) is 0.182. The van der Waals surface area contributed by atoms with Gasteiger partial charge in [0, 0.05) is 6.08 Å². The highest BCUT2D eigenvalue weighted by Gasteiger charge is 2.08. The molecule has 0 heterocycles. The predicted molar refractivity (Wildman–Crippen MR) is 57.4 cm³/mol. The first-order chi connectivity index (χ1) is 7.58. The third kappa shape index (κ3) is 2.66. The van der Waals surface area contributed by atoms with Gasteiger partial charge in [-0.1, -0.05) is 0 Å². The van der Waals surface area contributed by atoms with Crippen LogP contribution >= 0.6 is 0 Å². The zero-order valence-corrected chi connectivity index (χ0v) is 8.93. The van der Waals surface area contributed by atoms with Crippen LogP contribution in [0.25, 0.3) is 6.08 Å². The van der Waals surface area contributed by atoms with Gasteiger partial charge in [0.15, 0.2) is 11.5 Å². The Labute approximate surface area is 92.5 Å². The van der Waals surface area contributed by atoms with E-state index in [4.69, 9.17) is 4.74 Å². The van der Waals surface area contributed by atoms with Crippen LogP contribution in [-0.2, 0) is 9.53 Å². The van der Waals surface area contributed by atoms with Crippen LogP contribution in [-0.4, -0.2) is 30.4 Å². The van der Waals surface area contributed by atoms with Crippen molar-refractivity contribution in [3.05, 3.63) is 23.8 Å². The van der Waals surface area contributed by atoms with Gasteiger partial charge in [-0.15, -0.1) is 0 Å². The molecule has 5 heteroatoms. The first-order valence-corrected chi connectivity index (χ1v) is 4.44. The lowest BCUT2D eigenvalue weighted by atomic mass is 10.1. The summed E-state index contributed by atoms with van der Waals surface area (Å²) in [5.41, 5.74) is 0.512. The number of hydrogen-bond donors (Lipinski definition) is 2. The molecule has 0 amide bonds. The minimum Gasteiger partial charge on any atom is -0.504 e. The van der Waals surface area contributed by atoms with E-state index in [1.807, 2.05) is 0 Å². The van der Waals surface area contributed by atoms with Gasteiger partial charge < -0.3 is 19.7 Å². The Morgan fingerprint density at radius 1 is 1.31 bits per heavy atom. The van der Waals surface area contributed by atoms with E-state index in [1.54, 1.807) is 0 Å². The summed E-state index contributed by atoms with van der Waals surface area (Å²) in [5, 5.41) is 18.7. The van der Waals surface area contributed by atoms with Gasteiger partial charge >= 0.3 is 5.97 Å². The van der Waals surface area contributed by atoms with E-state index in [-0.39, 0.29) is 17.2 Å². The fourth-order valence-electron chi connectivity index (χ4n) is 1.10. The molecule has 0 aliphatic heterocycles. The number of aromatic hydroxyl groups is 2. The molecule has 86 valence electrons. The maximum Gasteiger partial charge on any atom is 0.330 e. The Balaban J connectivity index is 3.03. The number of esters is 1. The second-order valence-corrected chi connectivity index (χ2v) is 2.95. The molecule has 0 aliphatic carbocycles. The quantitative estimate of drug-likeness (QED) is 0.459. The van der Waals surface area contributed by atoms with Crippen LogP contribution in [0.5, 0.6) is 17.2 Å². The van der Waals surface area contributed by atoms with E-state index in [0.717, 1.165) is 0 Å². The van der Waals surface area contributed by atoms with Crippen LogP contribution in [0.3, 0.4) is 0 Å². The highest BCUT2D eigenvalue weighted by atomic mass is 16.5. The molecule has 0 aliphatic rings. The Morgan fingerprint density at radius 3 is 2.56 bits per heavy atom. The number of carbonyl (C=O) groups is 1. The topological polar surface area (TPSA) is 76.0 Å². The van der Waals surface area contributed by atoms with Crippen molar-refractivity contribution in [2.75, 3.05) is 14.2 Å². The van der Waals surface area contributed by atoms with Crippen molar-refractivity contribution < 1.29 is 24.5 Å². The summed E-state index contributed by atoms with van der Waals surface area (Å²) in [6, 6.07) is 2.78. The third-order valence-corrected chi connectivity index (χ3v) is 1.91. The molecule has 0 saturated carbocycles. The molecule has 5 nitrogen and oxygen atoms in total. The minimum absolute atomic E-state index is 0.129. The summed E-state index contributed by atoms with van der Waals surface area (Å²) in [5.74, 6) is -1.03. The van der Waals surface area contributed by atoms with Crippen LogP contribution in [0.2, 0.25) is 0 Å². The number of methoxy groups -OCH3 is 2. The third-order valence-electron chi connectivity index (χ3n) is 1.91. The lowest BCUT2D eigenvalue weighted by molar-refractivity contribution is -0.134. The van der Waals surface area contributed by atoms with Gasteiger partial charge in [0.1, 0.15) is 0 Å². The molecular weight excluding hydrogens is 212 g/mol. The van der Waals surface area contributed by atoms with Crippen LogP contribution in [0.15, 0.2) is 18.2 Å². The Bertz CT molecular complexity index is 423. The highest BCUT2D eigenvalue weighted by molar-refractivity contribution is 5.87. The molecule has 0 bridgehead atoms. The van der Waals surface area contributed by atoms with Gasteiger partial charge in [0.2, 0.25) is 5.75 Å². The van der Waals surface area contributed by atoms with Gasteiger partial charge in [-0.05, 0) is 23.8 Å². The number of benzene rings is 1. The SMILES string of the molecule is COC(=O)/C=C\c1cc(O)c(O)c(OC)c1. The van der Waals surface area contributed by atoms with Crippen LogP contribution in [0.1, 0.15) is 5.56 Å². The van der Waals surface area contributed by atoms with E-state index < -0.39 is 5.97 Å². The average molecular weight is 224 g/mol. The number of carbonyl (C=O) groups excluding carboxylic acids is 1. The summed E-state index contributed by atoms with van der Waals surface area (Å²) in [6.07, 6.45) is 2.64. The summed E-state index contributed by atoms with van der Waals surface area (Å²) in [7, 11) is 2.63. The van der Waals surface area contributed by atoms with E-state index in [1.165, 1.54) is 38.5 Å². The van der Waals surface area contributed by atoms with Crippen molar-refractivity contribution >= 4 is 12.0 Å².